The van der Waals surface area contributed by atoms with Gasteiger partial charge in [0.1, 0.15) is 22.6 Å². The molecule has 0 aliphatic rings. The maximum Gasteiger partial charge on any atom is 0.336 e. The Balaban J connectivity index is 1.43. The predicted octanol–water partition coefficient (Wildman–Crippen LogP) is 5.99. The topological polar surface area (TPSA) is 72.2 Å². The molecule has 1 heterocycles. The number of thiazole rings is 1. The molecular formula is C26H18N2O3S. The summed E-state index contributed by atoms with van der Waals surface area (Å²) in [5, 5.41) is 10.3. The number of nitriles is 1. The van der Waals surface area contributed by atoms with Gasteiger partial charge in [-0.05, 0) is 59.7 Å². The number of allylic oxidation sites excluding steroid dienone is 1. The largest absolute Gasteiger partial charge is 0.497 e. The molecule has 0 amide bonds. The first kappa shape index (κ1) is 21.0. The predicted molar refractivity (Wildman–Crippen MR) is 127 cm³/mol. The number of benzene rings is 3. The Morgan fingerprint density at radius 3 is 2.34 bits per heavy atom. The van der Waals surface area contributed by atoms with E-state index >= 15 is 0 Å². The van der Waals surface area contributed by atoms with Crippen LogP contribution in [0.5, 0.6) is 11.5 Å². The molecule has 0 saturated carbocycles. The van der Waals surface area contributed by atoms with Crippen LogP contribution in [0.15, 0.2) is 78.9 Å². The normalized spacial score (nSPS) is 11.4. The summed E-state index contributed by atoms with van der Waals surface area (Å²) in [5.41, 5.74) is 3.04. The number of methoxy groups -OCH3 is 1. The number of carbonyl (C=O) groups excluding carboxylic acids is 1. The van der Waals surface area contributed by atoms with E-state index in [4.69, 9.17) is 9.47 Å². The minimum absolute atomic E-state index is 0.421. The lowest BCUT2D eigenvalue weighted by Crippen LogP contribution is -2.03. The average Bonchev–Trinajstić information content (AvgIpc) is 3.26. The Morgan fingerprint density at radius 1 is 0.969 bits per heavy atom. The van der Waals surface area contributed by atoms with Crippen molar-refractivity contribution >= 4 is 45.2 Å². The molecule has 0 bridgehead atoms. The third kappa shape index (κ3) is 5.09. The van der Waals surface area contributed by atoms with Gasteiger partial charge in [0.05, 0.1) is 22.9 Å². The summed E-state index contributed by atoms with van der Waals surface area (Å²) in [6.45, 7) is 0. The van der Waals surface area contributed by atoms with Crippen LogP contribution in [0.3, 0.4) is 0 Å². The van der Waals surface area contributed by atoms with E-state index in [0.717, 1.165) is 27.1 Å². The Labute approximate surface area is 189 Å². The number of hydrogen-bond donors (Lipinski definition) is 0. The van der Waals surface area contributed by atoms with Crippen LogP contribution in [0.1, 0.15) is 16.1 Å². The zero-order valence-electron chi connectivity index (χ0n) is 17.2. The van der Waals surface area contributed by atoms with E-state index < -0.39 is 5.97 Å². The summed E-state index contributed by atoms with van der Waals surface area (Å²) >= 11 is 1.48. The summed E-state index contributed by atoms with van der Waals surface area (Å²) in [6, 6.07) is 24.3. The fraction of sp³-hybridized carbons (Fsp3) is 0.0385. The molecule has 0 aliphatic carbocycles. The lowest BCUT2D eigenvalue weighted by molar-refractivity contribution is -0.128. The Hall–Kier alpha value is -4.21. The highest BCUT2D eigenvalue weighted by Gasteiger charge is 2.09. The summed E-state index contributed by atoms with van der Waals surface area (Å²) in [5.74, 6) is 0.697. The van der Waals surface area contributed by atoms with E-state index in [1.807, 2.05) is 48.5 Å². The van der Waals surface area contributed by atoms with Crippen molar-refractivity contribution < 1.29 is 14.3 Å². The maximum atomic E-state index is 12.1. The zero-order chi connectivity index (χ0) is 22.3. The Kier molecular flexibility index (Phi) is 6.40. The molecule has 5 nitrogen and oxygen atoms in total. The third-order valence-corrected chi connectivity index (χ3v) is 5.65. The minimum Gasteiger partial charge on any atom is -0.497 e. The van der Waals surface area contributed by atoms with Crippen LogP contribution >= 0.6 is 11.3 Å². The van der Waals surface area contributed by atoms with Crippen LogP contribution in [-0.2, 0) is 4.79 Å². The Morgan fingerprint density at radius 2 is 1.66 bits per heavy atom. The van der Waals surface area contributed by atoms with E-state index in [0.29, 0.717) is 16.3 Å². The van der Waals surface area contributed by atoms with Crippen molar-refractivity contribution in [1.29, 1.82) is 5.26 Å². The van der Waals surface area contributed by atoms with Gasteiger partial charge in [-0.3, -0.25) is 0 Å². The fourth-order valence-corrected chi connectivity index (χ4v) is 3.89. The lowest BCUT2D eigenvalue weighted by atomic mass is 10.1. The number of para-hydroxylation sites is 1. The van der Waals surface area contributed by atoms with Crippen molar-refractivity contribution in [2.75, 3.05) is 7.11 Å². The number of esters is 1. The van der Waals surface area contributed by atoms with Crippen molar-refractivity contribution in [3.8, 4) is 17.6 Å². The second kappa shape index (κ2) is 9.73. The monoisotopic (exact) mass is 438 g/mol. The van der Waals surface area contributed by atoms with Gasteiger partial charge in [0.25, 0.3) is 0 Å². The summed E-state index contributed by atoms with van der Waals surface area (Å²) in [7, 11) is 1.60. The van der Waals surface area contributed by atoms with E-state index in [1.54, 1.807) is 43.5 Å². The van der Waals surface area contributed by atoms with Crippen LogP contribution in [0, 0.1) is 11.3 Å². The summed E-state index contributed by atoms with van der Waals surface area (Å²) in [4.78, 5) is 16.6. The molecule has 0 saturated heterocycles. The molecule has 0 radical (unpaired) electrons. The zero-order valence-corrected chi connectivity index (χ0v) is 18.0. The highest BCUT2D eigenvalue weighted by atomic mass is 32.1. The first-order valence-corrected chi connectivity index (χ1v) is 10.6. The van der Waals surface area contributed by atoms with E-state index in [2.05, 4.69) is 11.1 Å². The van der Waals surface area contributed by atoms with Gasteiger partial charge in [0.2, 0.25) is 0 Å². The number of hydrogen-bond acceptors (Lipinski definition) is 6. The average molecular weight is 439 g/mol. The number of ether oxygens (including phenoxy) is 2. The molecule has 6 heteroatoms. The van der Waals surface area contributed by atoms with E-state index in [-0.39, 0.29) is 0 Å². The summed E-state index contributed by atoms with van der Waals surface area (Å²) < 4.78 is 11.5. The van der Waals surface area contributed by atoms with E-state index in [9.17, 15) is 10.1 Å². The van der Waals surface area contributed by atoms with Crippen LogP contribution < -0.4 is 9.47 Å². The van der Waals surface area contributed by atoms with E-state index in [1.165, 1.54) is 17.4 Å². The number of nitrogens with zero attached hydrogens (tertiary/aromatic N) is 2. The highest BCUT2D eigenvalue weighted by Crippen LogP contribution is 2.28. The molecular weight excluding hydrogens is 420 g/mol. The third-order valence-electron chi connectivity index (χ3n) is 4.58. The summed E-state index contributed by atoms with van der Waals surface area (Å²) in [6.07, 6.45) is 4.82. The van der Waals surface area contributed by atoms with Gasteiger partial charge < -0.3 is 9.47 Å². The lowest BCUT2D eigenvalue weighted by Gasteiger charge is -2.02. The molecule has 0 spiro atoms. The molecule has 4 rings (SSSR count). The van der Waals surface area contributed by atoms with Gasteiger partial charge in [-0.15, -0.1) is 11.3 Å². The smallest absolute Gasteiger partial charge is 0.336 e. The molecule has 0 fully saturated rings. The molecule has 156 valence electrons. The van der Waals surface area contributed by atoms with Gasteiger partial charge in [-0.25, -0.2) is 9.78 Å². The van der Waals surface area contributed by atoms with Crippen LogP contribution in [0.2, 0.25) is 0 Å². The minimum atomic E-state index is -0.476. The first-order chi connectivity index (χ1) is 15.6. The molecule has 1 aromatic heterocycles. The number of fused-ring (bicyclic) bond motifs is 1. The van der Waals surface area contributed by atoms with Gasteiger partial charge in [0, 0.05) is 6.08 Å². The van der Waals surface area contributed by atoms with Gasteiger partial charge >= 0.3 is 5.97 Å². The molecule has 32 heavy (non-hydrogen) atoms. The molecule has 3 aromatic carbocycles. The van der Waals surface area contributed by atoms with Gasteiger partial charge in [0.15, 0.2) is 0 Å². The van der Waals surface area contributed by atoms with Crippen LogP contribution in [-0.4, -0.2) is 18.1 Å². The van der Waals surface area contributed by atoms with Crippen molar-refractivity contribution in [2.45, 2.75) is 0 Å². The first-order valence-electron chi connectivity index (χ1n) is 9.76. The van der Waals surface area contributed by atoms with Crippen molar-refractivity contribution in [3.05, 3.63) is 95.0 Å². The fourth-order valence-electron chi connectivity index (χ4n) is 2.96. The second-order valence-electron chi connectivity index (χ2n) is 6.75. The van der Waals surface area contributed by atoms with Gasteiger partial charge in [-0.2, -0.15) is 5.26 Å². The van der Waals surface area contributed by atoms with Gasteiger partial charge in [-0.1, -0.05) is 36.4 Å². The quantitative estimate of drug-likeness (QED) is 0.160. The SMILES string of the molecule is COc1ccc(/C=C/C(=O)Oc2ccc(/C=C(\C#N)c3nc4ccccc4s3)cc2)cc1. The van der Waals surface area contributed by atoms with Crippen molar-refractivity contribution in [3.63, 3.8) is 0 Å². The number of carbonyl (C=O) groups is 1. The Bertz CT molecular complexity index is 1310. The number of aromatic nitrogens is 1. The maximum absolute atomic E-state index is 12.1. The molecule has 0 aliphatic heterocycles. The molecule has 0 N–H and O–H groups in total. The van der Waals surface area contributed by atoms with Crippen LogP contribution in [0.4, 0.5) is 0 Å². The number of rotatable bonds is 6. The molecule has 0 atom stereocenters. The van der Waals surface area contributed by atoms with Crippen LogP contribution in [0.25, 0.3) is 27.9 Å². The highest BCUT2D eigenvalue weighted by molar-refractivity contribution is 7.19. The molecule has 0 unspecified atom stereocenters. The second-order valence-corrected chi connectivity index (χ2v) is 7.78. The standard InChI is InChI=1S/C26H18N2O3S/c1-30-21-11-6-18(7-12-21)10-15-25(29)31-22-13-8-19(9-14-22)16-20(17-27)26-28-23-4-2-3-5-24(23)32-26/h2-16H,1H3/b15-10+,20-16+. The van der Waals surface area contributed by atoms with Crippen molar-refractivity contribution in [2.24, 2.45) is 0 Å². The van der Waals surface area contributed by atoms with Crippen molar-refractivity contribution in [1.82, 2.24) is 4.98 Å². The molecule has 4 aromatic rings.